The van der Waals surface area contributed by atoms with Crippen molar-refractivity contribution in [1.29, 1.82) is 0 Å². The fourth-order valence-corrected chi connectivity index (χ4v) is 6.30. The van der Waals surface area contributed by atoms with Gasteiger partial charge in [-0.1, -0.05) is 6.92 Å². The van der Waals surface area contributed by atoms with Gasteiger partial charge in [-0.2, -0.15) is 4.98 Å². The van der Waals surface area contributed by atoms with Crippen LogP contribution in [0.25, 0.3) is 11.0 Å². The summed E-state index contributed by atoms with van der Waals surface area (Å²) in [6.45, 7) is 8.62. The van der Waals surface area contributed by atoms with E-state index >= 15 is 0 Å². The van der Waals surface area contributed by atoms with Gasteiger partial charge in [0.2, 0.25) is 5.95 Å². The average Bonchev–Trinajstić information content (AvgIpc) is 2.89. The van der Waals surface area contributed by atoms with Gasteiger partial charge in [0.1, 0.15) is 24.2 Å². The lowest BCUT2D eigenvalue weighted by Gasteiger charge is -2.28. The van der Waals surface area contributed by atoms with Gasteiger partial charge in [0, 0.05) is 31.7 Å². The summed E-state index contributed by atoms with van der Waals surface area (Å²) in [5.74, 6) is 1.69. The molecule has 2 aromatic carbocycles. The molecule has 0 saturated heterocycles. The highest BCUT2D eigenvalue weighted by molar-refractivity contribution is 9.10. The van der Waals surface area contributed by atoms with Crippen LogP contribution in [0.1, 0.15) is 18.1 Å². The summed E-state index contributed by atoms with van der Waals surface area (Å²) < 4.78 is 19.6. The maximum Gasteiger partial charge on any atom is 0.229 e. The molecule has 0 unspecified atom stereocenters. The van der Waals surface area contributed by atoms with Crippen LogP contribution in [0.4, 0.5) is 23.1 Å². The van der Waals surface area contributed by atoms with Crippen LogP contribution in [0.3, 0.4) is 0 Å². The first kappa shape index (κ1) is 25.6. The lowest BCUT2D eigenvalue weighted by molar-refractivity contribution is 0.267. The first-order chi connectivity index (χ1) is 17.8. The number of ether oxygens (including phenoxy) is 1. The third kappa shape index (κ3) is 5.32. The molecule has 9 nitrogen and oxygen atoms in total. The monoisotopic (exact) mass is 581 g/mol. The Kier molecular flexibility index (Phi) is 7.16. The van der Waals surface area contributed by atoms with E-state index in [0.29, 0.717) is 38.3 Å². The van der Waals surface area contributed by atoms with Crippen molar-refractivity contribution in [2.24, 2.45) is 0 Å². The molecule has 0 saturated carbocycles. The van der Waals surface area contributed by atoms with Crippen molar-refractivity contribution in [3.05, 3.63) is 58.5 Å². The van der Waals surface area contributed by atoms with Crippen molar-refractivity contribution in [3.63, 3.8) is 0 Å². The molecule has 5 rings (SSSR count). The van der Waals surface area contributed by atoms with Gasteiger partial charge in [0.05, 0.1) is 33.8 Å². The highest BCUT2D eigenvalue weighted by Gasteiger charge is 2.23. The van der Waals surface area contributed by atoms with Crippen LogP contribution in [-0.2, 0) is 17.5 Å². The number of methoxy groups -OCH3 is 1. The Hall–Kier alpha value is -3.07. The number of fused-ring (bicyclic) bond motifs is 2. The average molecular weight is 582 g/mol. The molecule has 4 aromatic rings. The molecule has 0 amide bonds. The Morgan fingerprint density at radius 2 is 1.89 bits per heavy atom. The number of anilines is 4. The van der Waals surface area contributed by atoms with Crippen LogP contribution >= 0.6 is 23.1 Å². The van der Waals surface area contributed by atoms with E-state index in [0.717, 1.165) is 37.5 Å². The third-order valence-corrected chi connectivity index (χ3v) is 8.57. The predicted octanol–water partition coefficient (Wildman–Crippen LogP) is 5.30. The first-order valence-corrected chi connectivity index (χ1v) is 15.4. The molecular formula is C26H29BrN7O2P. The summed E-state index contributed by atoms with van der Waals surface area (Å²) in [6.07, 6.45) is 5.90. The molecule has 3 heterocycles. The number of likely N-dealkylation sites (N-methyl/N-ethyl adjacent to an activating group) is 1. The molecule has 37 heavy (non-hydrogen) atoms. The van der Waals surface area contributed by atoms with Crippen LogP contribution in [0, 0.1) is 0 Å². The zero-order valence-electron chi connectivity index (χ0n) is 21.2. The van der Waals surface area contributed by atoms with Crippen molar-refractivity contribution >= 4 is 62.6 Å². The predicted molar refractivity (Wildman–Crippen MR) is 153 cm³/mol. The quantitative estimate of drug-likeness (QED) is 0.281. The molecule has 0 atom stereocenters. The van der Waals surface area contributed by atoms with E-state index in [1.54, 1.807) is 39.0 Å². The van der Waals surface area contributed by atoms with E-state index in [9.17, 15) is 4.57 Å². The maximum atomic E-state index is 13.3. The van der Waals surface area contributed by atoms with Gasteiger partial charge in [-0.15, -0.1) is 0 Å². The van der Waals surface area contributed by atoms with E-state index < -0.39 is 7.14 Å². The van der Waals surface area contributed by atoms with Crippen LogP contribution < -0.4 is 20.7 Å². The van der Waals surface area contributed by atoms with Gasteiger partial charge in [0.25, 0.3) is 0 Å². The zero-order chi connectivity index (χ0) is 26.2. The van der Waals surface area contributed by atoms with E-state index in [-0.39, 0.29) is 0 Å². The number of hydrogen-bond donors (Lipinski definition) is 2. The minimum Gasteiger partial charge on any atom is -0.495 e. The normalized spacial score (nSPS) is 13.9. The summed E-state index contributed by atoms with van der Waals surface area (Å²) in [5, 5.41) is 7.30. The van der Waals surface area contributed by atoms with Crippen LogP contribution in [-0.4, -0.2) is 58.4 Å². The minimum absolute atomic E-state index is 0.410. The Morgan fingerprint density at radius 1 is 1.08 bits per heavy atom. The van der Waals surface area contributed by atoms with E-state index in [1.807, 2.05) is 12.1 Å². The molecule has 11 heteroatoms. The zero-order valence-corrected chi connectivity index (χ0v) is 23.7. The van der Waals surface area contributed by atoms with Gasteiger partial charge in [0.15, 0.2) is 0 Å². The Bertz CT molecular complexity index is 1520. The number of aromatic nitrogens is 4. The Morgan fingerprint density at radius 3 is 2.65 bits per heavy atom. The molecule has 192 valence electrons. The van der Waals surface area contributed by atoms with E-state index in [2.05, 4.69) is 65.5 Å². The first-order valence-electron chi connectivity index (χ1n) is 12.0. The fraction of sp³-hybridized carbons (Fsp3) is 0.308. The maximum absolute atomic E-state index is 13.3. The second-order valence-corrected chi connectivity index (χ2v) is 13.3. The summed E-state index contributed by atoms with van der Waals surface area (Å²) in [7, 11) is -1.04. The van der Waals surface area contributed by atoms with Crippen molar-refractivity contribution in [1.82, 2.24) is 24.8 Å². The molecule has 0 fully saturated rings. The molecule has 0 radical (unpaired) electrons. The van der Waals surface area contributed by atoms with E-state index in [1.165, 1.54) is 11.1 Å². The molecule has 0 bridgehead atoms. The fourth-order valence-electron chi connectivity index (χ4n) is 4.61. The topological polar surface area (TPSA) is 105 Å². The minimum atomic E-state index is -2.71. The number of hydrogen-bond acceptors (Lipinski definition) is 9. The third-order valence-electron chi connectivity index (χ3n) is 6.46. The molecular weight excluding hydrogens is 553 g/mol. The molecule has 1 aliphatic rings. The molecule has 0 aliphatic carbocycles. The molecule has 2 N–H and O–H groups in total. The van der Waals surface area contributed by atoms with Crippen LogP contribution in [0.2, 0.25) is 0 Å². The van der Waals surface area contributed by atoms with Crippen molar-refractivity contribution in [2.75, 3.05) is 44.2 Å². The van der Waals surface area contributed by atoms with Crippen LogP contribution in [0.5, 0.6) is 5.75 Å². The SMILES string of the molecule is CCN1CCc2cc(Nc3ncc(Br)c(Nc4ccc5nccnc5c4P(C)(C)=O)n3)c(OC)cc2C1. The molecule has 2 aromatic heterocycles. The smallest absolute Gasteiger partial charge is 0.229 e. The molecule has 0 spiro atoms. The Balaban J connectivity index is 1.48. The summed E-state index contributed by atoms with van der Waals surface area (Å²) >= 11 is 3.55. The van der Waals surface area contributed by atoms with Gasteiger partial charge in [-0.25, -0.2) is 4.98 Å². The number of nitrogens with one attached hydrogen (secondary N) is 2. The van der Waals surface area contributed by atoms with Gasteiger partial charge in [-0.05, 0) is 77.6 Å². The highest BCUT2D eigenvalue weighted by atomic mass is 79.9. The lowest BCUT2D eigenvalue weighted by Crippen LogP contribution is -2.30. The number of benzene rings is 2. The standard InChI is InChI=1S/C26H29BrN7O2P/c1-5-34-11-8-16-12-21(22(36-2)13-17(16)15-34)32-26-30-14-18(27)25(33-26)31-20-7-6-19-23(29-10-9-28-19)24(20)37(3,4)35/h6-7,9-10,12-14H,5,8,11,15H2,1-4H3,(H2,30,31,32,33). The number of nitrogens with zero attached hydrogens (tertiary/aromatic N) is 5. The summed E-state index contributed by atoms with van der Waals surface area (Å²) in [5.41, 5.74) is 5.37. The Labute approximate surface area is 224 Å². The van der Waals surface area contributed by atoms with Crippen molar-refractivity contribution < 1.29 is 9.30 Å². The van der Waals surface area contributed by atoms with Gasteiger partial charge < -0.3 is 19.9 Å². The second kappa shape index (κ2) is 10.4. The van der Waals surface area contributed by atoms with Crippen molar-refractivity contribution in [3.8, 4) is 5.75 Å². The van der Waals surface area contributed by atoms with Crippen molar-refractivity contribution in [2.45, 2.75) is 19.9 Å². The van der Waals surface area contributed by atoms with Gasteiger partial charge >= 0.3 is 0 Å². The lowest BCUT2D eigenvalue weighted by atomic mass is 9.98. The highest BCUT2D eigenvalue weighted by Crippen LogP contribution is 2.41. The largest absolute Gasteiger partial charge is 0.495 e. The summed E-state index contributed by atoms with van der Waals surface area (Å²) in [4.78, 5) is 20.4. The summed E-state index contributed by atoms with van der Waals surface area (Å²) in [6, 6.07) is 7.94. The number of rotatable bonds is 7. The van der Waals surface area contributed by atoms with Gasteiger partial charge in [-0.3, -0.25) is 14.9 Å². The second-order valence-electron chi connectivity index (χ2n) is 9.32. The molecule has 1 aliphatic heterocycles. The van der Waals surface area contributed by atoms with E-state index in [4.69, 9.17) is 9.72 Å². The van der Waals surface area contributed by atoms with Crippen LogP contribution in [0.15, 0.2) is 47.3 Å². The number of halogens is 1.